The molecule has 0 aliphatic carbocycles. The topological polar surface area (TPSA) is 93.1 Å². The molecule has 106 valence electrons. The highest BCUT2D eigenvalue weighted by atomic mass is 32.1. The number of aryl methyl sites for hydroxylation is 1. The van der Waals surface area contributed by atoms with Crippen molar-refractivity contribution in [3.63, 3.8) is 0 Å². The molecule has 1 N–H and O–H groups in total. The summed E-state index contributed by atoms with van der Waals surface area (Å²) < 4.78 is 8.72. The molecule has 0 spiro atoms. The Kier molecular flexibility index (Phi) is 4.08. The summed E-state index contributed by atoms with van der Waals surface area (Å²) in [5.74, 6) is 0.273. The van der Waals surface area contributed by atoms with Gasteiger partial charge in [-0.15, -0.1) is 5.10 Å². The minimum atomic E-state index is -0.283. The summed E-state index contributed by atoms with van der Waals surface area (Å²) in [6, 6.07) is 0.238. The van der Waals surface area contributed by atoms with Crippen LogP contribution >= 0.6 is 11.5 Å². The second-order valence-corrected chi connectivity index (χ2v) is 4.88. The Bertz CT molecular complexity index is 627. The maximum absolute atomic E-state index is 12.1. The smallest absolute Gasteiger partial charge is 0.318 e. The van der Waals surface area contributed by atoms with E-state index in [0.29, 0.717) is 22.1 Å². The Labute approximate surface area is 120 Å². The summed E-state index contributed by atoms with van der Waals surface area (Å²) in [6.07, 6.45) is 1.50. The van der Waals surface area contributed by atoms with Gasteiger partial charge in [-0.1, -0.05) is 4.49 Å². The standard InChI is InChI=1S/C11H14N6O2S/c1-6-8(20-16-15-6)10(18)13-7-5-12-11(19-4)14-9(7)17(2)3/h5H,1-4H3,(H,13,18). The number of hydrogen-bond acceptors (Lipinski definition) is 8. The number of aromatic nitrogens is 4. The van der Waals surface area contributed by atoms with Crippen molar-refractivity contribution >= 4 is 28.9 Å². The number of anilines is 2. The molecule has 1 amide bonds. The molecule has 2 aromatic rings. The number of methoxy groups -OCH3 is 1. The first-order chi connectivity index (χ1) is 9.52. The summed E-state index contributed by atoms with van der Waals surface area (Å²) in [4.78, 5) is 22.6. The van der Waals surface area contributed by atoms with Gasteiger partial charge in [0, 0.05) is 14.1 Å². The van der Waals surface area contributed by atoms with Crippen LogP contribution in [0.2, 0.25) is 0 Å². The number of nitrogens with one attached hydrogen (secondary N) is 1. The molecule has 2 aromatic heterocycles. The zero-order valence-corrected chi connectivity index (χ0v) is 12.4. The van der Waals surface area contributed by atoms with Crippen molar-refractivity contribution in [1.82, 2.24) is 19.6 Å². The maximum Gasteiger partial charge on any atom is 0.318 e. The van der Waals surface area contributed by atoms with E-state index in [1.165, 1.54) is 13.3 Å². The van der Waals surface area contributed by atoms with Crippen molar-refractivity contribution < 1.29 is 9.53 Å². The molecule has 20 heavy (non-hydrogen) atoms. The van der Waals surface area contributed by atoms with Crippen molar-refractivity contribution in [3.05, 3.63) is 16.8 Å². The summed E-state index contributed by atoms with van der Waals surface area (Å²) in [5.41, 5.74) is 1.09. The summed E-state index contributed by atoms with van der Waals surface area (Å²) in [7, 11) is 5.12. The predicted octanol–water partition coefficient (Wildman–Crippen LogP) is 0.963. The second-order valence-electron chi connectivity index (χ2n) is 4.13. The fourth-order valence-corrected chi connectivity index (χ4v) is 2.06. The third kappa shape index (κ3) is 2.82. The van der Waals surface area contributed by atoms with E-state index >= 15 is 0 Å². The van der Waals surface area contributed by atoms with Crippen LogP contribution in [0.4, 0.5) is 11.5 Å². The molecule has 0 unspecified atom stereocenters. The average Bonchev–Trinajstić information content (AvgIpc) is 2.85. The molecule has 0 aliphatic heterocycles. The van der Waals surface area contributed by atoms with Crippen LogP contribution in [0.25, 0.3) is 0 Å². The highest BCUT2D eigenvalue weighted by Gasteiger charge is 2.17. The molecular weight excluding hydrogens is 280 g/mol. The third-order valence-corrected chi connectivity index (χ3v) is 3.29. The Hall–Kier alpha value is -2.29. The largest absolute Gasteiger partial charge is 0.467 e. The van der Waals surface area contributed by atoms with Crippen LogP contribution in [0.1, 0.15) is 15.4 Å². The quantitative estimate of drug-likeness (QED) is 0.897. The van der Waals surface area contributed by atoms with E-state index < -0.39 is 0 Å². The van der Waals surface area contributed by atoms with Crippen molar-refractivity contribution in [2.24, 2.45) is 0 Å². The van der Waals surface area contributed by atoms with Gasteiger partial charge >= 0.3 is 6.01 Å². The van der Waals surface area contributed by atoms with Crippen LogP contribution in [0.5, 0.6) is 6.01 Å². The first-order valence-electron chi connectivity index (χ1n) is 5.71. The number of nitrogens with zero attached hydrogens (tertiary/aromatic N) is 5. The van der Waals surface area contributed by atoms with Crippen LogP contribution in [0.3, 0.4) is 0 Å². The van der Waals surface area contributed by atoms with Crippen LogP contribution in [0.15, 0.2) is 6.20 Å². The first-order valence-corrected chi connectivity index (χ1v) is 6.49. The molecule has 9 heteroatoms. The Morgan fingerprint density at radius 1 is 1.45 bits per heavy atom. The fraction of sp³-hybridized carbons (Fsp3) is 0.364. The molecule has 0 saturated heterocycles. The highest BCUT2D eigenvalue weighted by molar-refractivity contribution is 7.08. The normalized spacial score (nSPS) is 10.2. The minimum absolute atomic E-state index is 0.238. The van der Waals surface area contributed by atoms with Gasteiger partial charge in [0.25, 0.3) is 5.91 Å². The molecular formula is C11H14N6O2S. The van der Waals surface area contributed by atoms with E-state index in [4.69, 9.17) is 4.74 Å². The Balaban J connectivity index is 2.29. The Morgan fingerprint density at radius 3 is 2.75 bits per heavy atom. The Morgan fingerprint density at radius 2 is 2.20 bits per heavy atom. The minimum Gasteiger partial charge on any atom is -0.467 e. The molecule has 0 aromatic carbocycles. The van der Waals surface area contributed by atoms with E-state index in [0.717, 1.165) is 11.5 Å². The zero-order chi connectivity index (χ0) is 14.7. The molecule has 0 fully saturated rings. The van der Waals surface area contributed by atoms with Gasteiger partial charge in [-0.05, 0) is 18.5 Å². The molecule has 0 aliphatic rings. The molecule has 0 bridgehead atoms. The highest BCUT2D eigenvalue weighted by Crippen LogP contribution is 2.24. The third-order valence-electron chi connectivity index (χ3n) is 2.46. The fourth-order valence-electron chi connectivity index (χ4n) is 1.50. The van der Waals surface area contributed by atoms with Crippen LogP contribution in [-0.4, -0.2) is 46.7 Å². The zero-order valence-electron chi connectivity index (χ0n) is 11.5. The number of hydrogen-bond donors (Lipinski definition) is 1. The van der Waals surface area contributed by atoms with Gasteiger partial charge in [-0.3, -0.25) is 4.79 Å². The number of rotatable bonds is 4. The molecule has 2 heterocycles. The van der Waals surface area contributed by atoms with Crippen molar-refractivity contribution in [2.75, 3.05) is 31.4 Å². The number of carbonyl (C=O) groups excluding carboxylic acids is 1. The maximum atomic E-state index is 12.1. The van der Waals surface area contributed by atoms with Crippen molar-refractivity contribution in [1.29, 1.82) is 0 Å². The summed E-state index contributed by atoms with van der Waals surface area (Å²) in [5, 5.41) is 6.57. The summed E-state index contributed by atoms with van der Waals surface area (Å²) >= 11 is 1.05. The molecule has 8 nitrogen and oxygen atoms in total. The van der Waals surface area contributed by atoms with Gasteiger partial charge in [-0.25, -0.2) is 4.98 Å². The molecule has 2 rings (SSSR count). The average molecular weight is 294 g/mol. The molecule has 0 saturated carbocycles. The lowest BCUT2D eigenvalue weighted by Gasteiger charge is -2.16. The van der Waals surface area contributed by atoms with Crippen LogP contribution in [0, 0.1) is 6.92 Å². The number of amides is 1. The summed E-state index contributed by atoms with van der Waals surface area (Å²) in [6.45, 7) is 1.73. The number of carbonyl (C=O) groups is 1. The van der Waals surface area contributed by atoms with Crippen LogP contribution < -0.4 is 15.0 Å². The van der Waals surface area contributed by atoms with Gasteiger partial charge in [0.2, 0.25) is 0 Å². The number of ether oxygens (including phenoxy) is 1. The van der Waals surface area contributed by atoms with Gasteiger partial charge in [0.05, 0.1) is 19.0 Å². The predicted molar refractivity (Wildman–Crippen MR) is 75.5 cm³/mol. The lowest BCUT2D eigenvalue weighted by Crippen LogP contribution is -2.18. The van der Waals surface area contributed by atoms with E-state index in [9.17, 15) is 4.79 Å². The van der Waals surface area contributed by atoms with Crippen molar-refractivity contribution in [2.45, 2.75) is 6.92 Å². The van der Waals surface area contributed by atoms with Gasteiger partial charge in [-0.2, -0.15) is 4.98 Å². The van der Waals surface area contributed by atoms with E-state index in [1.807, 2.05) is 14.1 Å². The molecule has 0 radical (unpaired) electrons. The first kappa shape index (κ1) is 14.1. The van der Waals surface area contributed by atoms with E-state index in [1.54, 1.807) is 11.8 Å². The van der Waals surface area contributed by atoms with Gasteiger partial charge < -0.3 is 15.0 Å². The lowest BCUT2D eigenvalue weighted by molar-refractivity contribution is 0.102. The monoisotopic (exact) mass is 294 g/mol. The second kappa shape index (κ2) is 5.78. The SMILES string of the molecule is COc1ncc(NC(=O)c2snnc2C)c(N(C)C)n1. The van der Waals surface area contributed by atoms with Gasteiger partial charge in [0.15, 0.2) is 5.82 Å². The van der Waals surface area contributed by atoms with Crippen molar-refractivity contribution in [3.8, 4) is 6.01 Å². The van der Waals surface area contributed by atoms with Gasteiger partial charge in [0.1, 0.15) is 10.6 Å². The lowest BCUT2D eigenvalue weighted by atomic mass is 10.3. The van der Waals surface area contributed by atoms with Crippen LogP contribution in [-0.2, 0) is 0 Å². The van der Waals surface area contributed by atoms with E-state index in [-0.39, 0.29) is 11.9 Å². The molecule has 0 atom stereocenters. The van der Waals surface area contributed by atoms with E-state index in [2.05, 4.69) is 24.9 Å².